The van der Waals surface area contributed by atoms with Crippen molar-refractivity contribution in [1.29, 1.82) is 0 Å². The van der Waals surface area contributed by atoms with Crippen molar-refractivity contribution < 1.29 is 13.3 Å². The summed E-state index contributed by atoms with van der Waals surface area (Å²) in [6.07, 6.45) is 3.15. The third-order valence-corrected chi connectivity index (χ3v) is 3.06. The second-order valence-electron chi connectivity index (χ2n) is 4.74. The molecule has 3 rings (SSSR count). The number of benzene rings is 1. The predicted octanol–water partition coefficient (Wildman–Crippen LogP) is 2.83. The SMILES string of the molecule is CCNc1cnc(-c2noc(Cc3ccc(F)cc3F)n2)cn1. The molecule has 0 radical (unpaired) electrons. The van der Waals surface area contributed by atoms with E-state index in [2.05, 4.69) is 25.4 Å². The first-order chi connectivity index (χ1) is 11.2. The fourth-order valence-electron chi connectivity index (χ4n) is 1.97. The molecule has 0 aliphatic rings. The first-order valence-corrected chi connectivity index (χ1v) is 6.98. The third-order valence-electron chi connectivity index (χ3n) is 3.06. The lowest BCUT2D eigenvalue weighted by Gasteiger charge is -2.00. The van der Waals surface area contributed by atoms with Gasteiger partial charge in [-0.2, -0.15) is 4.98 Å². The molecule has 0 bridgehead atoms. The lowest BCUT2D eigenvalue weighted by Crippen LogP contribution is -2.00. The molecule has 6 nitrogen and oxygen atoms in total. The molecule has 2 aromatic heterocycles. The zero-order chi connectivity index (χ0) is 16.2. The topological polar surface area (TPSA) is 76.7 Å². The molecule has 0 atom stereocenters. The maximum atomic E-state index is 13.6. The normalized spacial score (nSPS) is 10.7. The van der Waals surface area contributed by atoms with E-state index in [9.17, 15) is 8.78 Å². The summed E-state index contributed by atoms with van der Waals surface area (Å²) in [5.74, 6) is -0.164. The Balaban J connectivity index is 1.77. The molecular weight excluding hydrogens is 304 g/mol. The minimum Gasteiger partial charge on any atom is -0.369 e. The van der Waals surface area contributed by atoms with Gasteiger partial charge in [-0.05, 0) is 18.6 Å². The highest BCUT2D eigenvalue weighted by Gasteiger charge is 2.13. The summed E-state index contributed by atoms with van der Waals surface area (Å²) in [6, 6.07) is 3.34. The molecule has 1 aromatic carbocycles. The molecule has 8 heteroatoms. The lowest BCUT2D eigenvalue weighted by atomic mass is 10.1. The van der Waals surface area contributed by atoms with Crippen LogP contribution >= 0.6 is 0 Å². The Morgan fingerprint density at radius 1 is 1.17 bits per heavy atom. The number of anilines is 1. The van der Waals surface area contributed by atoms with Crippen LogP contribution in [-0.4, -0.2) is 26.7 Å². The lowest BCUT2D eigenvalue weighted by molar-refractivity contribution is 0.384. The van der Waals surface area contributed by atoms with Crippen LogP contribution in [0.25, 0.3) is 11.5 Å². The molecule has 0 saturated heterocycles. The summed E-state index contributed by atoms with van der Waals surface area (Å²) >= 11 is 0. The van der Waals surface area contributed by atoms with Gasteiger partial charge in [-0.3, -0.25) is 0 Å². The highest BCUT2D eigenvalue weighted by atomic mass is 19.1. The Morgan fingerprint density at radius 3 is 2.74 bits per heavy atom. The van der Waals surface area contributed by atoms with Gasteiger partial charge in [0.1, 0.15) is 23.1 Å². The molecule has 2 heterocycles. The molecule has 0 saturated carbocycles. The molecule has 0 amide bonds. The number of nitrogens with one attached hydrogen (secondary N) is 1. The van der Waals surface area contributed by atoms with Gasteiger partial charge in [0.25, 0.3) is 0 Å². The molecular formula is C15H13F2N5O. The quantitative estimate of drug-likeness (QED) is 0.780. The molecule has 0 fully saturated rings. The molecule has 3 aromatic rings. The summed E-state index contributed by atoms with van der Waals surface area (Å²) in [6.45, 7) is 2.69. The van der Waals surface area contributed by atoms with Gasteiger partial charge in [0, 0.05) is 12.6 Å². The smallest absolute Gasteiger partial charge is 0.231 e. The molecule has 118 valence electrons. The van der Waals surface area contributed by atoms with Crippen molar-refractivity contribution in [3.05, 3.63) is 53.7 Å². The van der Waals surface area contributed by atoms with E-state index in [1.807, 2.05) is 6.92 Å². The van der Waals surface area contributed by atoms with Crippen LogP contribution in [-0.2, 0) is 6.42 Å². The minimum atomic E-state index is -0.653. The fourth-order valence-corrected chi connectivity index (χ4v) is 1.97. The summed E-state index contributed by atoms with van der Waals surface area (Å²) in [5, 5.41) is 6.82. The monoisotopic (exact) mass is 317 g/mol. The van der Waals surface area contributed by atoms with E-state index >= 15 is 0 Å². The summed E-state index contributed by atoms with van der Waals surface area (Å²) in [4.78, 5) is 12.5. The van der Waals surface area contributed by atoms with E-state index in [4.69, 9.17) is 4.52 Å². The van der Waals surface area contributed by atoms with Crippen molar-refractivity contribution >= 4 is 5.82 Å². The van der Waals surface area contributed by atoms with Crippen LogP contribution in [0.5, 0.6) is 0 Å². The van der Waals surface area contributed by atoms with Crippen molar-refractivity contribution in [2.24, 2.45) is 0 Å². The van der Waals surface area contributed by atoms with Crippen LogP contribution in [0.2, 0.25) is 0 Å². The number of aromatic nitrogens is 4. The molecule has 0 unspecified atom stereocenters. The fraction of sp³-hybridized carbons (Fsp3) is 0.200. The second-order valence-corrected chi connectivity index (χ2v) is 4.74. The highest BCUT2D eigenvalue weighted by molar-refractivity contribution is 5.48. The van der Waals surface area contributed by atoms with Crippen molar-refractivity contribution in [1.82, 2.24) is 20.1 Å². The molecule has 0 aliphatic heterocycles. The van der Waals surface area contributed by atoms with Crippen LogP contribution in [0.4, 0.5) is 14.6 Å². The number of halogens is 2. The Labute approximate surface area is 130 Å². The molecule has 0 aliphatic carbocycles. The minimum absolute atomic E-state index is 0.0714. The maximum absolute atomic E-state index is 13.6. The molecule has 23 heavy (non-hydrogen) atoms. The largest absolute Gasteiger partial charge is 0.369 e. The van der Waals surface area contributed by atoms with Gasteiger partial charge >= 0.3 is 0 Å². The first-order valence-electron chi connectivity index (χ1n) is 6.98. The van der Waals surface area contributed by atoms with Crippen molar-refractivity contribution in [2.45, 2.75) is 13.3 Å². The number of nitrogens with zero attached hydrogens (tertiary/aromatic N) is 4. The van der Waals surface area contributed by atoms with Crippen LogP contribution < -0.4 is 5.32 Å². The summed E-state index contributed by atoms with van der Waals surface area (Å²) in [7, 11) is 0. The van der Waals surface area contributed by atoms with Gasteiger partial charge in [0.2, 0.25) is 11.7 Å². The van der Waals surface area contributed by atoms with Crippen molar-refractivity contribution in [2.75, 3.05) is 11.9 Å². The standard InChI is InChI=1S/C15H13F2N5O/c1-2-18-13-8-19-12(7-20-13)15-21-14(23-22-15)5-9-3-4-10(16)6-11(9)17/h3-4,6-8H,2,5H2,1H3,(H,18,20). The van der Waals surface area contributed by atoms with Crippen LogP contribution in [0.15, 0.2) is 35.1 Å². The average molecular weight is 317 g/mol. The number of hydrogen-bond donors (Lipinski definition) is 1. The zero-order valence-corrected chi connectivity index (χ0v) is 12.3. The Kier molecular flexibility index (Phi) is 4.22. The summed E-state index contributed by atoms with van der Waals surface area (Å²) < 4.78 is 31.6. The van der Waals surface area contributed by atoms with E-state index in [0.29, 0.717) is 11.5 Å². The van der Waals surface area contributed by atoms with Crippen LogP contribution in [0, 0.1) is 11.6 Å². The van der Waals surface area contributed by atoms with Crippen molar-refractivity contribution in [3.63, 3.8) is 0 Å². The Bertz CT molecular complexity index is 804. The van der Waals surface area contributed by atoms with Gasteiger partial charge in [-0.25, -0.2) is 18.7 Å². The van der Waals surface area contributed by atoms with Crippen LogP contribution in [0.3, 0.4) is 0 Å². The van der Waals surface area contributed by atoms with Gasteiger partial charge in [0.05, 0.1) is 18.8 Å². The van der Waals surface area contributed by atoms with E-state index in [1.54, 1.807) is 6.20 Å². The van der Waals surface area contributed by atoms with E-state index in [1.165, 1.54) is 18.3 Å². The molecule has 0 spiro atoms. The van der Waals surface area contributed by atoms with Gasteiger partial charge in [-0.15, -0.1) is 0 Å². The number of rotatable bonds is 5. The number of hydrogen-bond acceptors (Lipinski definition) is 6. The van der Waals surface area contributed by atoms with Gasteiger partial charge < -0.3 is 9.84 Å². The van der Waals surface area contributed by atoms with Crippen LogP contribution in [0.1, 0.15) is 18.4 Å². The van der Waals surface area contributed by atoms with Gasteiger partial charge in [-0.1, -0.05) is 11.2 Å². The Hall–Kier alpha value is -2.90. The predicted molar refractivity (Wildman–Crippen MR) is 78.7 cm³/mol. The third kappa shape index (κ3) is 3.47. The Morgan fingerprint density at radius 2 is 2.04 bits per heavy atom. The van der Waals surface area contributed by atoms with E-state index < -0.39 is 11.6 Å². The first kappa shape index (κ1) is 15.0. The van der Waals surface area contributed by atoms with E-state index in [-0.39, 0.29) is 23.7 Å². The average Bonchev–Trinajstić information content (AvgIpc) is 3.00. The summed E-state index contributed by atoms with van der Waals surface area (Å²) in [5.41, 5.74) is 0.719. The van der Waals surface area contributed by atoms with E-state index in [0.717, 1.165) is 12.6 Å². The van der Waals surface area contributed by atoms with Crippen molar-refractivity contribution in [3.8, 4) is 11.5 Å². The van der Waals surface area contributed by atoms with Gasteiger partial charge in [0.15, 0.2) is 0 Å². The molecule has 1 N–H and O–H groups in total. The highest BCUT2D eigenvalue weighted by Crippen LogP contribution is 2.17. The zero-order valence-electron chi connectivity index (χ0n) is 12.3. The maximum Gasteiger partial charge on any atom is 0.231 e. The second kappa shape index (κ2) is 6.47.